The van der Waals surface area contributed by atoms with Gasteiger partial charge in [0.05, 0.1) is 15.5 Å². The third-order valence-electron chi connectivity index (χ3n) is 2.72. The zero-order valence-corrected chi connectivity index (χ0v) is 11.3. The number of hydrogen-bond donors (Lipinski definition) is 2. The van der Waals surface area contributed by atoms with Gasteiger partial charge >= 0.3 is 0 Å². The van der Waals surface area contributed by atoms with Crippen molar-refractivity contribution in [3.63, 3.8) is 0 Å². The maximum atomic E-state index is 11.5. The van der Waals surface area contributed by atoms with E-state index < -0.39 is 15.9 Å². The maximum absolute atomic E-state index is 11.5. The fourth-order valence-corrected chi connectivity index (χ4v) is 2.32. The zero-order chi connectivity index (χ0) is 14.5. The van der Waals surface area contributed by atoms with Crippen LogP contribution in [0.1, 0.15) is 5.56 Å². The molecular formula is C13H13N3O3S. The Hall–Kier alpha value is -2.25. The summed E-state index contributed by atoms with van der Waals surface area (Å²) < 4.78 is 11.5. The lowest BCUT2D eigenvalue weighted by atomic mass is 10.2. The Balaban J connectivity index is 2.23. The highest BCUT2D eigenvalue weighted by Gasteiger charge is 2.13. The summed E-state index contributed by atoms with van der Waals surface area (Å²) in [4.78, 5) is 10.4. The second-order valence-corrected chi connectivity index (χ2v) is 5.11. The summed E-state index contributed by atoms with van der Waals surface area (Å²) in [6.07, 6.45) is 0. The molecule has 0 bridgehead atoms. The molecule has 0 spiro atoms. The molecular weight excluding hydrogens is 278 g/mol. The molecule has 7 heteroatoms. The zero-order valence-electron chi connectivity index (χ0n) is 10.5. The standard InChI is InChI=1S/C13H13N3O3S/c14-20(19)13-8-11(16(17)18)6-7-12(13)15-9-10-4-2-1-3-5-10/h1-8,15H,9,14H2. The van der Waals surface area contributed by atoms with E-state index in [1.54, 1.807) is 0 Å². The van der Waals surface area contributed by atoms with Crippen molar-refractivity contribution in [1.29, 1.82) is 0 Å². The molecule has 0 aliphatic carbocycles. The fraction of sp³-hybridized carbons (Fsp3) is 0.0769. The van der Waals surface area contributed by atoms with Gasteiger partial charge in [0.2, 0.25) is 0 Å². The molecule has 0 aromatic heterocycles. The summed E-state index contributed by atoms with van der Waals surface area (Å²) >= 11 is 0. The number of benzene rings is 2. The van der Waals surface area contributed by atoms with E-state index in [4.69, 9.17) is 5.14 Å². The highest BCUT2D eigenvalue weighted by molar-refractivity contribution is 7.82. The van der Waals surface area contributed by atoms with Gasteiger partial charge in [0.25, 0.3) is 5.69 Å². The normalized spacial score (nSPS) is 11.8. The molecule has 0 saturated heterocycles. The Labute approximate surface area is 118 Å². The number of anilines is 1. The van der Waals surface area contributed by atoms with Crippen LogP contribution in [0.15, 0.2) is 53.4 Å². The molecule has 104 valence electrons. The Kier molecular flexibility index (Phi) is 4.44. The number of nitro benzene ring substituents is 1. The molecule has 0 heterocycles. The van der Waals surface area contributed by atoms with E-state index in [1.807, 2.05) is 30.3 Å². The van der Waals surface area contributed by atoms with Crippen LogP contribution in [-0.2, 0) is 17.5 Å². The van der Waals surface area contributed by atoms with Crippen molar-refractivity contribution < 1.29 is 9.13 Å². The van der Waals surface area contributed by atoms with Crippen LogP contribution >= 0.6 is 0 Å². The SMILES string of the molecule is NS(=O)c1cc([N+](=O)[O-])ccc1NCc1ccccc1. The van der Waals surface area contributed by atoms with Gasteiger partial charge in [0.1, 0.15) is 11.0 Å². The first kappa shape index (κ1) is 14.2. The Bertz CT molecular complexity index is 647. The summed E-state index contributed by atoms with van der Waals surface area (Å²) in [6, 6.07) is 13.7. The summed E-state index contributed by atoms with van der Waals surface area (Å²) in [5, 5.41) is 19.2. The van der Waals surface area contributed by atoms with Gasteiger partial charge in [-0.2, -0.15) is 0 Å². The third kappa shape index (κ3) is 3.40. The number of nitrogens with zero attached hydrogens (tertiary/aromatic N) is 1. The Morgan fingerprint density at radius 2 is 1.90 bits per heavy atom. The van der Waals surface area contributed by atoms with E-state index in [0.29, 0.717) is 12.2 Å². The third-order valence-corrected chi connectivity index (χ3v) is 3.49. The average molecular weight is 291 g/mol. The Morgan fingerprint density at radius 3 is 2.50 bits per heavy atom. The maximum Gasteiger partial charge on any atom is 0.270 e. The smallest absolute Gasteiger partial charge is 0.270 e. The Morgan fingerprint density at radius 1 is 1.20 bits per heavy atom. The minimum Gasteiger partial charge on any atom is -0.380 e. The van der Waals surface area contributed by atoms with Crippen LogP contribution in [0.3, 0.4) is 0 Å². The quantitative estimate of drug-likeness (QED) is 0.651. The van der Waals surface area contributed by atoms with Crippen molar-refractivity contribution in [3.05, 3.63) is 64.2 Å². The molecule has 0 fully saturated rings. The molecule has 0 amide bonds. The first-order chi connectivity index (χ1) is 9.58. The van der Waals surface area contributed by atoms with Crippen LogP contribution in [0.25, 0.3) is 0 Å². The summed E-state index contributed by atoms with van der Waals surface area (Å²) in [5.41, 5.74) is 1.43. The molecule has 2 rings (SSSR count). The lowest BCUT2D eigenvalue weighted by Gasteiger charge is -2.10. The molecule has 1 unspecified atom stereocenters. The lowest BCUT2D eigenvalue weighted by Crippen LogP contribution is -2.09. The number of rotatable bonds is 5. The van der Waals surface area contributed by atoms with E-state index in [1.165, 1.54) is 18.2 Å². The van der Waals surface area contributed by atoms with Crippen molar-refractivity contribution >= 4 is 22.4 Å². The van der Waals surface area contributed by atoms with Gasteiger partial charge in [-0.1, -0.05) is 30.3 Å². The summed E-state index contributed by atoms with van der Waals surface area (Å²) in [7, 11) is -1.79. The van der Waals surface area contributed by atoms with Gasteiger partial charge in [-0.25, -0.2) is 9.35 Å². The van der Waals surface area contributed by atoms with Crippen molar-refractivity contribution in [3.8, 4) is 0 Å². The van der Waals surface area contributed by atoms with E-state index in [9.17, 15) is 14.3 Å². The van der Waals surface area contributed by atoms with Gasteiger partial charge in [0, 0.05) is 18.7 Å². The highest BCUT2D eigenvalue weighted by atomic mass is 32.2. The van der Waals surface area contributed by atoms with Gasteiger partial charge in [-0.3, -0.25) is 10.1 Å². The predicted octanol–water partition coefficient (Wildman–Crippen LogP) is 2.19. The monoisotopic (exact) mass is 291 g/mol. The van der Waals surface area contributed by atoms with Crippen molar-refractivity contribution in [1.82, 2.24) is 0 Å². The average Bonchev–Trinajstić information content (AvgIpc) is 2.45. The first-order valence-electron chi connectivity index (χ1n) is 5.80. The van der Waals surface area contributed by atoms with E-state index in [0.717, 1.165) is 5.56 Å². The van der Waals surface area contributed by atoms with Crippen LogP contribution in [-0.4, -0.2) is 9.13 Å². The fourth-order valence-electron chi connectivity index (χ4n) is 1.73. The molecule has 2 aromatic rings. The summed E-state index contributed by atoms with van der Waals surface area (Å²) in [5.74, 6) is 0. The second-order valence-electron chi connectivity index (χ2n) is 4.07. The van der Waals surface area contributed by atoms with E-state index in [2.05, 4.69) is 5.32 Å². The van der Waals surface area contributed by atoms with Crippen LogP contribution < -0.4 is 10.5 Å². The van der Waals surface area contributed by atoms with Crippen molar-refractivity contribution in [2.45, 2.75) is 11.4 Å². The largest absolute Gasteiger partial charge is 0.380 e. The van der Waals surface area contributed by atoms with Crippen LogP contribution in [0.2, 0.25) is 0 Å². The molecule has 20 heavy (non-hydrogen) atoms. The number of nitrogens with two attached hydrogens (primary N) is 1. The van der Waals surface area contributed by atoms with Gasteiger partial charge in [-0.05, 0) is 11.6 Å². The molecule has 1 atom stereocenters. The lowest BCUT2D eigenvalue weighted by molar-refractivity contribution is -0.385. The van der Waals surface area contributed by atoms with Crippen molar-refractivity contribution in [2.75, 3.05) is 5.32 Å². The van der Waals surface area contributed by atoms with Gasteiger partial charge in [0.15, 0.2) is 0 Å². The molecule has 0 saturated carbocycles. The number of nitrogens with one attached hydrogen (secondary N) is 1. The van der Waals surface area contributed by atoms with Crippen LogP contribution in [0.4, 0.5) is 11.4 Å². The van der Waals surface area contributed by atoms with Crippen LogP contribution in [0, 0.1) is 10.1 Å². The van der Waals surface area contributed by atoms with E-state index >= 15 is 0 Å². The number of nitro groups is 1. The highest BCUT2D eigenvalue weighted by Crippen LogP contribution is 2.24. The topological polar surface area (TPSA) is 98.3 Å². The molecule has 0 radical (unpaired) electrons. The minimum absolute atomic E-state index is 0.135. The predicted molar refractivity (Wildman–Crippen MR) is 77.5 cm³/mol. The summed E-state index contributed by atoms with van der Waals surface area (Å²) in [6.45, 7) is 0.517. The van der Waals surface area contributed by atoms with Crippen LogP contribution in [0.5, 0.6) is 0 Å². The number of non-ortho nitro benzene ring substituents is 1. The molecule has 0 aliphatic heterocycles. The van der Waals surface area contributed by atoms with Gasteiger partial charge in [-0.15, -0.1) is 0 Å². The molecule has 0 aliphatic rings. The molecule has 3 N–H and O–H groups in total. The first-order valence-corrected chi connectivity index (χ1v) is 7.01. The van der Waals surface area contributed by atoms with Gasteiger partial charge < -0.3 is 5.32 Å². The minimum atomic E-state index is -1.79. The number of hydrogen-bond acceptors (Lipinski definition) is 4. The van der Waals surface area contributed by atoms with E-state index in [-0.39, 0.29) is 10.6 Å². The van der Waals surface area contributed by atoms with Crippen molar-refractivity contribution in [2.24, 2.45) is 5.14 Å². The molecule has 2 aromatic carbocycles. The second kappa shape index (κ2) is 6.27. The molecule has 6 nitrogen and oxygen atoms in total.